The predicted octanol–water partition coefficient (Wildman–Crippen LogP) is 3.94. The van der Waals surface area contributed by atoms with Gasteiger partial charge in [-0.2, -0.15) is 0 Å². The molecule has 4 heteroatoms. The van der Waals surface area contributed by atoms with Crippen molar-refractivity contribution in [2.75, 3.05) is 5.73 Å². The van der Waals surface area contributed by atoms with E-state index in [0.717, 1.165) is 12.0 Å². The minimum atomic E-state index is -0.244. The molecule has 0 fully saturated rings. The van der Waals surface area contributed by atoms with Crippen molar-refractivity contribution in [3.8, 4) is 0 Å². The summed E-state index contributed by atoms with van der Waals surface area (Å²) in [6, 6.07) is 5.42. The van der Waals surface area contributed by atoms with Crippen LogP contribution in [0.2, 0.25) is 0 Å². The van der Waals surface area contributed by atoms with E-state index in [9.17, 15) is 4.79 Å². The minimum Gasteiger partial charge on any atom is -0.399 e. The van der Waals surface area contributed by atoms with Gasteiger partial charge in [-0.1, -0.05) is 26.8 Å². The molecule has 1 amide bonds. The molecule has 3 N–H and O–H groups in total. The average Bonchev–Trinajstić information content (AvgIpc) is 2.16. The van der Waals surface area contributed by atoms with Crippen LogP contribution in [0.5, 0.6) is 0 Å². The van der Waals surface area contributed by atoms with E-state index in [2.05, 4.69) is 39.9 Å². The lowest BCUT2D eigenvalue weighted by molar-refractivity contribution is 0.0891. The van der Waals surface area contributed by atoms with Crippen LogP contribution >= 0.6 is 12.4 Å². The minimum absolute atomic E-state index is 0. The molecule has 0 unspecified atom stereocenters. The van der Waals surface area contributed by atoms with Crippen LogP contribution in [-0.2, 0) is 0 Å². The largest absolute Gasteiger partial charge is 0.399 e. The number of hydrogen-bond acceptors (Lipinski definition) is 2. The Bertz CT molecular complexity index is 476. The summed E-state index contributed by atoms with van der Waals surface area (Å²) in [5.74, 6) is -0.0564. The molecule has 0 bridgehead atoms. The van der Waals surface area contributed by atoms with Crippen molar-refractivity contribution in [3.05, 3.63) is 29.3 Å². The highest BCUT2D eigenvalue weighted by molar-refractivity contribution is 5.96. The van der Waals surface area contributed by atoms with Gasteiger partial charge in [-0.25, -0.2) is 0 Å². The van der Waals surface area contributed by atoms with Crippen LogP contribution < -0.4 is 11.1 Å². The highest BCUT2D eigenvalue weighted by atomic mass is 35.5. The van der Waals surface area contributed by atoms with E-state index < -0.39 is 0 Å². The number of aryl methyl sites for hydroxylation is 1. The highest BCUT2D eigenvalue weighted by Crippen LogP contribution is 2.27. The molecule has 0 aliphatic rings. The molecule has 114 valence electrons. The molecule has 1 aromatic rings. The molecule has 0 radical (unpaired) electrons. The number of amides is 1. The summed E-state index contributed by atoms with van der Waals surface area (Å²) in [7, 11) is 0. The predicted molar refractivity (Wildman–Crippen MR) is 88.5 cm³/mol. The van der Waals surface area contributed by atoms with Gasteiger partial charge in [0.2, 0.25) is 0 Å². The van der Waals surface area contributed by atoms with E-state index in [4.69, 9.17) is 5.73 Å². The van der Waals surface area contributed by atoms with Gasteiger partial charge in [0.25, 0.3) is 5.91 Å². The summed E-state index contributed by atoms with van der Waals surface area (Å²) in [5, 5.41) is 3.10. The van der Waals surface area contributed by atoms with Crippen molar-refractivity contribution < 1.29 is 4.79 Å². The molecule has 0 aromatic heterocycles. The zero-order valence-electron chi connectivity index (χ0n) is 13.3. The lowest BCUT2D eigenvalue weighted by atomic mass is 9.81. The molecule has 0 aliphatic carbocycles. The van der Waals surface area contributed by atoms with Crippen LogP contribution in [0.15, 0.2) is 18.2 Å². The smallest absolute Gasteiger partial charge is 0.252 e. The second kappa shape index (κ2) is 6.49. The maximum atomic E-state index is 12.4. The van der Waals surface area contributed by atoms with Gasteiger partial charge >= 0.3 is 0 Å². The molecule has 20 heavy (non-hydrogen) atoms. The molecule has 0 saturated heterocycles. The summed E-state index contributed by atoms with van der Waals surface area (Å²) in [5.41, 5.74) is 7.89. The third kappa shape index (κ3) is 5.83. The fourth-order valence-electron chi connectivity index (χ4n) is 2.63. The Morgan fingerprint density at radius 3 is 2.25 bits per heavy atom. The first-order chi connectivity index (χ1) is 8.50. The number of rotatable bonds is 3. The van der Waals surface area contributed by atoms with Gasteiger partial charge in [-0.05, 0) is 50.3 Å². The first-order valence-electron chi connectivity index (χ1n) is 6.69. The summed E-state index contributed by atoms with van der Waals surface area (Å²) in [6.45, 7) is 12.5. The molecule has 0 spiro atoms. The van der Waals surface area contributed by atoms with Gasteiger partial charge in [0, 0.05) is 16.8 Å². The molecule has 0 atom stereocenters. The molecule has 3 nitrogen and oxygen atoms in total. The fourth-order valence-corrected chi connectivity index (χ4v) is 2.63. The third-order valence-electron chi connectivity index (χ3n) is 2.93. The van der Waals surface area contributed by atoms with Crippen LogP contribution in [0, 0.1) is 12.3 Å². The number of anilines is 1. The van der Waals surface area contributed by atoms with Crippen molar-refractivity contribution in [3.63, 3.8) is 0 Å². The van der Waals surface area contributed by atoms with Crippen molar-refractivity contribution in [2.24, 2.45) is 5.41 Å². The number of halogens is 1. The zero-order valence-corrected chi connectivity index (χ0v) is 14.1. The number of nitrogen functional groups attached to an aromatic ring is 1. The van der Waals surface area contributed by atoms with E-state index in [0.29, 0.717) is 11.3 Å². The van der Waals surface area contributed by atoms with E-state index in [-0.39, 0.29) is 29.3 Å². The number of benzene rings is 1. The SMILES string of the molecule is Cc1ccc(N)cc1C(=O)NC(C)(C)CC(C)(C)C.Cl. The van der Waals surface area contributed by atoms with Crippen LogP contribution in [0.1, 0.15) is 57.0 Å². The molecule has 0 saturated carbocycles. The molecular weight excluding hydrogens is 272 g/mol. The van der Waals surface area contributed by atoms with Gasteiger partial charge in [0.1, 0.15) is 0 Å². The van der Waals surface area contributed by atoms with E-state index in [1.165, 1.54) is 0 Å². The monoisotopic (exact) mass is 298 g/mol. The van der Waals surface area contributed by atoms with Crippen molar-refractivity contribution in [2.45, 2.75) is 53.5 Å². The standard InChI is InChI=1S/C16H26N2O.ClH/c1-11-7-8-12(17)9-13(11)14(19)18-16(5,6)10-15(2,3)4;/h7-9H,10,17H2,1-6H3,(H,18,19);1H. The van der Waals surface area contributed by atoms with E-state index in [1.54, 1.807) is 6.07 Å². The fraction of sp³-hybridized carbons (Fsp3) is 0.562. The topological polar surface area (TPSA) is 55.1 Å². The Morgan fingerprint density at radius 1 is 1.20 bits per heavy atom. The van der Waals surface area contributed by atoms with Crippen LogP contribution in [-0.4, -0.2) is 11.4 Å². The molecule has 1 aromatic carbocycles. The first-order valence-corrected chi connectivity index (χ1v) is 6.69. The van der Waals surface area contributed by atoms with Gasteiger partial charge in [-0.15, -0.1) is 12.4 Å². The highest BCUT2D eigenvalue weighted by Gasteiger charge is 2.27. The van der Waals surface area contributed by atoms with Gasteiger partial charge in [-0.3, -0.25) is 4.79 Å². The second-order valence-electron chi connectivity index (χ2n) is 7.15. The Hall–Kier alpha value is -1.22. The second-order valence-corrected chi connectivity index (χ2v) is 7.15. The quantitative estimate of drug-likeness (QED) is 0.830. The molecule has 0 heterocycles. The van der Waals surface area contributed by atoms with Gasteiger partial charge < -0.3 is 11.1 Å². The van der Waals surface area contributed by atoms with Crippen molar-refractivity contribution in [1.29, 1.82) is 0 Å². The maximum Gasteiger partial charge on any atom is 0.252 e. The normalized spacial score (nSPS) is 11.7. The Labute approximate surface area is 128 Å². The van der Waals surface area contributed by atoms with Gasteiger partial charge in [0.05, 0.1) is 0 Å². The summed E-state index contributed by atoms with van der Waals surface area (Å²) < 4.78 is 0. The number of nitrogens with one attached hydrogen (secondary N) is 1. The Balaban J connectivity index is 0.00000361. The number of carbonyl (C=O) groups is 1. The lowest BCUT2D eigenvalue weighted by Crippen LogP contribution is -2.46. The van der Waals surface area contributed by atoms with Crippen LogP contribution in [0.4, 0.5) is 5.69 Å². The van der Waals surface area contributed by atoms with Crippen LogP contribution in [0.25, 0.3) is 0 Å². The van der Waals surface area contributed by atoms with E-state index >= 15 is 0 Å². The first kappa shape index (κ1) is 18.8. The van der Waals surface area contributed by atoms with E-state index in [1.807, 2.05) is 19.1 Å². The molecular formula is C16H27ClN2O. The average molecular weight is 299 g/mol. The van der Waals surface area contributed by atoms with Gasteiger partial charge in [0.15, 0.2) is 0 Å². The summed E-state index contributed by atoms with van der Waals surface area (Å²) in [6.07, 6.45) is 0.910. The molecule has 0 aliphatic heterocycles. The number of nitrogens with two attached hydrogens (primary N) is 1. The summed E-state index contributed by atoms with van der Waals surface area (Å²) >= 11 is 0. The zero-order chi connectivity index (χ0) is 14.8. The summed E-state index contributed by atoms with van der Waals surface area (Å²) in [4.78, 5) is 12.4. The number of carbonyl (C=O) groups excluding carboxylic acids is 1. The third-order valence-corrected chi connectivity index (χ3v) is 2.93. The van der Waals surface area contributed by atoms with Crippen molar-refractivity contribution >= 4 is 24.0 Å². The Morgan fingerprint density at radius 2 is 1.75 bits per heavy atom. The molecule has 1 rings (SSSR count). The van der Waals surface area contributed by atoms with Crippen LogP contribution in [0.3, 0.4) is 0 Å². The van der Waals surface area contributed by atoms with Crippen molar-refractivity contribution in [1.82, 2.24) is 5.32 Å². The Kier molecular flexibility index (Phi) is 6.09. The maximum absolute atomic E-state index is 12.4. The lowest BCUT2D eigenvalue weighted by Gasteiger charge is -2.33. The number of hydrogen-bond donors (Lipinski definition) is 2.